The Morgan fingerprint density at radius 2 is 1.96 bits per heavy atom. The number of methoxy groups -OCH3 is 1. The van der Waals surface area contributed by atoms with E-state index in [1.54, 1.807) is 19.6 Å². The number of aryl methyl sites for hydroxylation is 1. The summed E-state index contributed by atoms with van der Waals surface area (Å²) in [7, 11) is 3.72. The third-order valence-corrected chi connectivity index (χ3v) is 5.46. The van der Waals surface area contributed by atoms with Crippen LogP contribution in [0.15, 0.2) is 43.0 Å². The number of aromatic nitrogens is 3. The van der Waals surface area contributed by atoms with Gasteiger partial charge >= 0.3 is 0 Å². The molecule has 1 aliphatic carbocycles. The molecule has 2 heterocycles. The number of carbonyl (C=O) groups excluding carboxylic acids is 1. The molecule has 0 aliphatic heterocycles. The quantitative estimate of drug-likeness (QED) is 0.765. The number of imidazole rings is 1. The summed E-state index contributed by atoms with van der Waals surface area (Å²) in [4.78, 5) is 21.2. The van der Waals surface area contributed by atoms with Gasteiger partial charge in [-0.3, -0.25) is 4.79 Å². The highest BCUT2D eigenvalue weighted by Crippen LogP contribution is 2.28. The van der Waals surface area contributed by atoms with E-state index in [1.807, 2.05) is 29.9 Å². The zero-order chi connectivity index (χ0) is 18.8. The fourth-order valence-corrected chi connectivity index (χ4v) is 3.79. The van der Waals surface area contributed by atoms with E-state index in [4.69, 9.17) is 4.74 Å². The van der Waals surface area contributed by atoms with Crippen molar-refractivity contribution in [3.8, 4) is 11.3 Å². The predicted octanol–water partition coefficient (Wildman–Crippen LogP) is 3.78. The van der Waals surface area contributed by atoms with Gasteiger partial charge in [0, 0.05) is 37.2 Å². The first-order chi connectivity index (χ1) is 13.1. The molecule has 1 aliphatic rings. The van der Waals surface area contributed by atoms with E-state index >= 15 is 0 Å². The van der Waals surface area contributed by atoms with Crippen molar-refractivity contribution in [2.75, 3.05) is 12.4 Å². The second-order valence-electron chi connectivity index (χ2n) is 7.22. The number of hydrogen-bond donors (Lipinski definition) is 1. The normalized spacial score (nSPS) is 19.9. The molecule has 0 bridgehead atoms. The number of pyridine rings is 1. The largest absolute Gasteiger partial charge is 0.381 e. The number of anilines is 1. The molecule has 0 radical (unpaired) electrons. The fourth-order valence-electron chi connectivity index (χ4n) is 3.79. The Balaban J connectivity index is 1.52. The first-order valence-electron chi connectivity index (χ1n) is 9.34. The summed E-state index contributed by atoms with van der Waals surface area (Å²) in [5, 5.41) is 5.08. The van der Waals surface area contributed by atoms with Gasteiger partial charge in [0.15, 0.2) is 0 Å². The van der Waals surface area contributed by atoms with Crippen LogP contribution in [0.2, 0.25) is 0 Å². The zero-order valence-corrected chi connectivity index (χ0v) is 15.7. The molecule has 1 N–H and O–H groups in total. The monoisotopic (exact) mass is 364 g/mol. The van der Waals surface area contributed by atoms with E-state index in [9.17, 15) is 4.79 Å². The summed E-state index contributed by atoms with van der Waals surface area (Å²) in [6.07, 6.45) is 9.34. The second kappa shape index (κ2) is 7.48. The number of carbonyl (C=O) groups is 1. The first kappa shape index (κ1) is 17.7. The summed E-state index contributed by atoms with van der Waals surface area (Å²) < 4.78 is 7.37. The Morgan fingerprint density at radius 3 is 2.67 bits per heavy atom. The van der Waals surface area contributed by atoms with Gasteiger partial charge in [0.05, 0.1) is 24.3 Å². The number of rotatable bonds is 4. The van der Waals surface area contributed by atoms with Crippen LogP contribution >= 0.6 is 0 Å². The lowest BCUT2D eigenvalue weighted by molar-refractivity contribution is -0.121. The van der Waals surface area contributed by atoms with Gasteiger partial charge in [-0.15, -0.1) is 0 Å². The van der Waals surface area contributed by atoms with Crippen LogP contribution in [0.25, 0.3) is 22.0 Å². The van der Waals surface area contributed by atoms with Crippen LogP contribution in [-0.4, -0.2) is 33.7 Å². The molecule has 6 nitrogen and oxygen atoms in total. The van der Waals surface area contributed by atoms with Crippen molar-refractivity contribution in [2.24, 2.45) is 13.0 Å². The Kier molecular flexibility index (Phi) is 4.90. The molecule has 1 saturated carbocycles. The molecule has 1 fully saturated rings. The Hall–Kier alpha value is -2.73. The molecule has 0 atom stereocenters. The molecule has 27 heavy (non-hydrogen) atoms. The number of amides is 1. The van der Waals surface area contributed by atoms with Crippen molar-refractivity contribution in [1.29, 1.82) is 0 Å². The average molecular weight is 364 g/mol. The molecule has 0 saturated heterocycles. The average Bonchev–Trinajstić information content (AvgIpc) is 3.13. The lowest BCUT2D eigenvalue weighted by Gasteiger charge is -2.26. The lowest BCUT2D eigenvalue weighted by Crippen LogP contribution is -2.29. The summed E-state index contributed by atoms with van der Waals surface area (Å²) in [5.41, 5.74) is 2.14. The van der Waals surface area contributed by atoms with Crippen LogP contribution in [0, 0.1) is 5.92 Å². The van der Waals surface area contributed by atoms with Gasteiger partial charge < -0.3 is 14.6 Å². The second-order valence-corrected chi connectivity index (χ2v) is 7.22. The molecule has 4 rings (SSSR count). The maximum Gasteiger partial charge on any atom is 0.228 e. The molecule has 3 aromatic rings. The number of fused-ring (bicyclic) bond motifs is 1. The zero-order valence-electron chi connectivity index (χ0n) is 15.7. The highest BCUT2D eigenvalue weighted by molar-refractivity contribution is 5.95. The predicted molar refractivity (Wildman–Crippen MR) is 105 cm³/mol. The number of benzene rings is 1. The van der Waals surface area contributed by atoms with Crippen molar-refractivity contribution in [3.05, 3.63) is 43.0 Å². The van der Waals surface area contributed by atoms with Gasteiger partial charge in [0.1, 0.15) is 5.82 Å². The molecular formula is C21H24N4O2. The van der Waals surface area contributed by atoms with E-state index in [-0.39, 0.29) is 11.8 Å². The molecular weight excluding hydrogens is 340 g/mol. The maximum absolute atomic E-state index is 12.6. The fraction of sp³-hybridized carbons (Fsp3) is 0.381. The van der Waals surface area contributed by atoms with E-state index in [0.29, 0.717) is 11.9 Å². The van der Waals surface area contributed by atoms with Gasteiger partial charge in [-0.05, 0) is 43.2 Å². The molecule has 0 unspecified atom stereocenters. The number of hydrogen-bond acceptors (Lipinski definition) is 4. The minimum Gasteiger partial charge on any atom is -0.381 e. The minimum atomic E-state index is 0.0367. The molecule has 0 spiro atoms. The summed E-state index contributed by atoms with van der Waals surface area (Å²) in [5.74, 6) is 0.692. The number of ether oxygens (including phenoxy) is 1. The molecule has 6 heteroatoms. The van der Waals surface area contributed by atoms with E-state index < -0.39 is 0 Å². The summed E-state index contributed by atoms with van der Waals surface area (Å²) in [6.45, 7) is 0. The van der Waals surface area contributed by atoms with Crippen LogP contribution in [-0.2, 0) is 16.6 Å². The van der Waals surface area contributed by atoms with Gasteiger partial charge in [-0.2, -0.15) is 0 Å². The van der Waals surface area contributed by atoms with Crippen molar-refractivity contribution >= 4 is 22.5 Å². The van der Waals surface area contributed by atoms with Gasteiger partial charge in [0.25, 0.3) is 0 Å². The topological polar surface area (TPSA) is 69.0 Å². The van der Waals surface area contributed by atoms with E-state index in [1.165, 1.54) is 0 Å². The SMILES string of the molecule is COC1CCC(C(=O)Nc2cc3cc(-c4cncn4C)ccc3cn2)CC1. The van der Waals surface area contributed by atoms with Gasteiger partial charge in [-0.1, -0.05) is 12.1 Å². The molecule has 140 valence electrons. The number of nitrogens with zero attached hydrogens (tertiary/aromatic N) is 3. The van der Waals surface area contributed by atoms with Crippen LogP contribution in [0.5, 0.6) is 0 Å². The smallest absolute Gasteiger partial charge is 0.228 e. The number of nitrogens with one attached hydrogen (secondary N) is 1. The van der Waals surface area contributed by atoms with Crippen LogP contribution in [0.1, 0.15) is 25.7 Å². The van der Waals surface area contributed by atoms with Crippen LogP contribution < -0.4 is 5.32 Å². The molecule has 2 aromatic heterocycles. The Labute approximate surface area is 158 Å². The minimum absolute atomic E-state index is 0.0367. The molecule has 1 aromatic carbocycles. The standard InChI is InChI=1S/C21H24N4O2/c1-25-13-22-12-19(25)15-3-4-16-11-23-20(10-17(16)9-15)24-21(26)14-5-7-18(27-2)8-6-14/h3-4,9-14,18H,5-8H2,1-2H3,(H,23,24,26). The lowest BCUT2D eigenvalue weighted by atomic mass is 9.87. The van der Waals surface area contributed by atoms with Gasteiger partial charge in [-0.25, -0.2) is 9.97 Å². The Bertz CT molecular complexity index is 958. The van der Waals surface area contributed by atoms with E-state index in [2.05, 4.69) is 27.4 Å². The van der Waals surface area contributed by atoms with Crippen molar-refractivity contribution in [1.82, 2.24) is 14.5 Å². The van der Waals surface area contributed by atoms with Crippen molar-refractivity contribution < 1.29 is 9.53 Å². The van der Waals surface area contributed by atoms with Crippen molar-refractivity contribution in [3.63, 3.8) is 0 Å². The summed E-state index contributed by atoms with van der Waals surface area (Å²) >= 11 is 0. The van der Waals surface area contributed by atoms with Crippen LogP contribution in [0.4, 0.5) is 5.82 Å². The van der Waals surface area contributed by atoms with Crippen molar-refractivity contribution in [2.45, 2.75) is 31.8 Å². The highest BCUT2D eigenvalue weighted by atomic mass is 16.5. The highest BCUT2D eigenvalue weighted by Gasteiger charge is 2.26. The third-order valence-electron chi connectivity index (χ3n) is 5.46. The molecule has 1 amide bonds. The van der Waals surface area contributed by atoms with Crippen LogP contribution in [0.3, 0.4) is 0 Å². The Morgan fingerprint density at radius 1 is 1.15 bits per heavy atom. The van der Waals surface area contributed by atoms with Gasteiger partial charge in [0.2, 0.25) is 5.91 Å². The summed E-state index contributed by atoms with van der Waals surface area (Å²) in [6, 6.07) is 8.15. The van der Waals surface area contributed by atoms with E-state index in [0.717, 1.165) is 47.7 Å². The third kappa shape index (κ3) is 3.71. The first-order valence-corrected chi connectivity index (χ1v) is 9.34. The maximum atomic E-state index is 12.6.